The number of halogens is 5. The van der Waals surface area contributed by atoms with Gasteiger partial charge in [0.2, 0.25) is 0 Å². The summed E-state index contributed by atoms with van der Waals surface area (Å²) in [5.41, 5.74) is 1.26. The van der Waals surface area contributed by atoms with Gasteiger partial charge in [0.05, 0.1) is 0 Å². The first kappa shape index (κ1) is 16.9. The highest BCUT2D eigenvalue weighted by molar-refractivity contribution is 9.11. The van der Waals surface area contributed by atoms with Crippen LogP contribution in [0.2, 0.25) is 0 Å². The molecule has 0 aliphatic carbocycles. The van der Waals surface area contributed by atoms with E-state index in [1.165, 1.54) is 5.56 Å². The molecular formula is C13H9Br5. The summed E-state index contributed by atoms with van der Waals surface area (Å²) in [6.45, 7) is 2.06. The summed E-state index contributed by atoms with van der Waals surface area (Å²) in [6, 6.07) is 12.1. The lowest BCUT2D eigenvalue weighted by Crippen LogP contribution is -1.71. The van der Waals surface area contributed by atoms with Gasteiger partial charge in [-0.3, -0.25) is 0 Å². The smallest absolute Gasteiger partial charge is 0.0197 e. The quantitative estimate of drug-likeness (QED) is 0.311. The zero-order valence-electron chi connectivity index (χ0n) is 9.35. The maximum atomic E-state index is 3.38. The van der Waals surface area contributed by atoms with Crippen LogP contribution in [0.15, 0.2) is 58.8 Å². The molecule has 96 valence electrons. The maximum absolute atomic E-state index is 3.38. The topological polar surface area (TPSA) is 0 Å². The summed E-state index contributed by atoms with van der Waals surface area (Å²) in [5.74, 6) is 0. The summed E-state index contributed by atoms with van der Waals surface area (Å²) in [7, 11) is 0. The van der Waals surface area contributed by atoms with Crippen LogP contribution in [0, 0.1) is 6.92 Å². The van der Waals surface area contributed by atoms with E-state index in [0.717, 1.165) is 22.4 Å². The molecule has 0 aliphatic rings. The minimum absolute atomic E-state index is 1.07. The van der Waals surface area contributed by atoms with Crippen molar-refractivity contribution in [3.05, 3.63) is 64.3 Å². The van der Waals surface area contributed by atoms with Crippen LogP contribution in [0.5, 0.6) is 0 Å². The summed E-state index contributed by atoms with van der Waals surface area (Å²) in [4.78, 5) is 0. The Kier molecular flexibility index (Phi) is 7.70. The van der Waals surface area contributed by atoms with E-state index >= 15 is 0 Å². The van der Waals surface area contributed by atoms with Gasteiger partial charge in [0.15, 0.2) is 0 Å². The van der Waals surface area contributed by atoms with E-state index in [1.54, 1.807) is 0 Å². The summed E-state index contributed by atoms with van der Waals surface area (Å²) in [5, 5.41) is 0. The zero-order chi connectivity index (χ0) is 13.7. The molecule has 0 bridgehead atoms. The molecule has 2 rings (SSSR count). The Morgan fingerprint density at radius 2 is 0.722 bits per heavy atom. The van der Waals surface area contributed by atoms with Crippen molar-refractivity contribution in [3.8, 4) is 0 Å². The van der Waals surface area contributed by atoms with Crippen LogP contribution in [-0.4, -0.2) is 0 Å². The third-order valence-electron chi connectivity index (χ3n) is 1.83. The Morgan fingerprint density at radius 3 is 0.944 bits per heavy atom. The highest BCUT2D eigenvalue weighted by atomic mass is 79.9. The predicted octanol–water partition coefficient (Wildman–Crippen LogP) is 7.49. The Bertz CT molecular complexity index is 386. The molecule has 0 nitrogen and oxygen atoms in total. The van der Waals surface area contributed by atoms with Crippen molar-refractivity contribution in [2.45, 2.75) is 6.92 Å². The molecule has 0 saturated carbocycles. The molecule has 0 radical (unpaired) electrons. The molecule has 0 fully saturated rings. The Balaban J connectivity index is 0.000000180. The van der Waals surface area contributed by atoms with Crippen molar-refractivity contribution < 1.29 is 0 Å². The summed E-state index contributed by atoms with van der Waals surface area (Å²) in [6.07, 6.45) is 0. The van der Waals surface area contributed by atoms with Crippen molar-refractivity contribution in [1.29, 1.82) is 0 Å². The average molecular weight is 565 g/mol. The lowest BCUT2D eigenvalue weighted by molar-refractivity contribution is 1.43. The molecule has 0 aliphatic heterocycles. The molecule has 0 amide bonds. The lowest BCUT2D eigenvalue weighted by Gasteiger charge is -1.94. The SMILES string of the molecule is Brc1cc(Br)cc(Br)c1.Cc1cc(Br)cc(Br)c1. The predicted molar refractivity (Wildman–Crippen MR) is 96.1 cm³/mol. The molecule has 0 heterocycles. The third kappa shape index (κ3) is 6.85. The van der Waals surface area contributed by atoms with E-state index < -0.39 is 0 Å². The highest BCUT2D eigenvalue weighted by Crippen LogP contribution is 2.23. The normalized spacial score (nSPS) is 9.67. The molecule has 0 saturated heterocycles. The largest absolute Gasteiger partial charge is 0.0508 e. The zero-order valence-corrected chi connectivity index (χ0v) is 17.3. The lowest BCUT2D eigenvalue weighted by atomic mass is 10.2. The maximum Gasteiger partial charge on any atom is 0.0197 e. The van der Waals surface area contributed by atoms with E-state index in [4.69, 9.17) is 0 Å². The minimum atomic E-state index is 1.07. The number of rotatable bonds is 0. The first-order valence-electron chi connectivity index (χ1n) is 4.91. The van der Waals surface area contributed by atoms with Crippen molar-refractivity contribution in [3.63, 3.8) is 0 Å². The van der Waals surface area contributed by atoms with Gasteiger partial charge in [-0.25, -0.2) is 0 Å². The van der Waals surface area contributed by atoms with Gasteiger partial charge in [-0.2, -0.15) is 0 Å². The van der Waals surface area contributed by atoms with Gasteiger partial charge in [-0.15, -0.1) is 0 Å². The Labute approximate surface area is 149 Å². The first-order valence-corrected chi connectivity index (χ1v) is 8.87. The van der Waals surface area contributed by atoms with Gasteiger partial charge in [-0.1, -0.05) is 79.6 Å². The average Bonchev–Trinajstić information content (AvgIpc) is 2.12. The monoisotopic (exact) mass is 560 g/mol. The van der Waals surface area contributed by atoms with Crippen LogP contribution in [0.3, 0.4) is 0 Å². The van der Waals surface area contributed by atoms with Crippen molar-refractivity contribution in [2.24, 2.45) is 0 Å². The second kappa shape index (κ2) is 8.20. The van der Waals surface area contributed by atoms with Gasteiger partial charge < -0.3 is 0 Å². The molecule has 0 aromatic heterocycles. The summed E-state index contributed by atoms with van der Waals surface area (Å²) < 4.78 is 5.46. The fraction of sp³-hybridized carbons (Fsp3) is 0.0769. The fourth-order valence-electron chi connectivity index (χ4n) is 1.21. The molecular weight excluding hydrogens is 556 g/mol. The molecule has 2 aromatic rings. The van der Waals surface area contributed by atoms with E-state index in [0.29, 0.717) is 0 Å². The first-order chi connectivity index (χ1) is 8.36. The molecule has 0 unspecified atom stereocenters. The summed E-state index contributed by atoms with van der Waals surface area (Å²) >= 11 is 16.8. The molecule has 0 N–H and O–H groups in total. The van der Waals surface area contributed by atoms with Gasteiger partial charge in [0, 0.05) is 22.4 Å². The van der Waals surface area contributed by atoms with Gasteiger partial charge in [-0.05, 0) is 48.9 Å². The van der Waals surface area contributed by atoms with E-state index in [-0.39, 0.29) is 0 Å². The highest BCUT2D eigenvalue weighted by Gasteiger charge is 1.92. The minimum Gasteiger partial charge on any atom is -0.0508 e. The van der Waals surface area contributed by atoms with Gasteiger partial charge in [0.1, 0.15) is 0 Å². The van der Waals surface area contributed by atoms with Crippen LogP contribution in [0.25, 0.3) is 0 Å². The number of hydrogen-bond acceptors (Lipinski definition) is 0. The number of aryl methyl sites for hydroxylation is 1. The molecule has 2 aromatic carbocycles. The van der Waals surface area contributed by atoms with Crippen LogP contribution < -0.4 is 0 Å². The van der Waals surface area contributed by atoms with Gasteiger partial charge >= 0.3 is 0 Å². The van der Waals surface area contributed by atoms with Crippen molar-refractivity contribution >= 4 is 79.6 Å². The van der Waals surface area contributed by atoms with Crippen molar-refractivity contribution in [2.75, 3.05) is 0 Å². The number of hydrogen-bond donors (Lipinski definition) is 0. The molecule has 5 heteroatoms. The van der Waals surface area contributed by atoms with Crippen molar-refractivity contribution in [1.82, 2.24) is 0 Å². The van der Waals surface area contributed by atoms with Crippen LogP contribution in [-0.2, 0) is 0 Å². The molecule has 0 atom stereocenters. The number of benzene rings is 2. The second-order valence-corrected chi connectivity index (χ2v) is 8.11. The fourth-order valence-corrected chi connectivity index (χ4v) is 5.14. The van der Waals surface area contributed by atoms with E-state index in [9.17, 15) is 0 Å². The van der Waals surface area contributed by atoms with Crippen LogP contribution in [0.4, 0.5) is 0 Å². The van der Waals surface area contributed by atoms with E-state index in [2.05, 4.69) is 98.7 Å². The second-order valence-electron chi connectivity index (χ2n) is 3.53. The van der Waals surface area contributed by atoms with Crippen LogP contribution in [0.1, 0.15) is 5.56 Å². The van der Waals surface area contributed by atoms with Crippen LogP contribution >= 0.6 is 79.6 Å². The molecule has 18 heavy (non-hydrogen) atoms. The standard InChI is InChI=1S/C7H6Br2.C6H3Br3/c1-5-2-6(8)4-7(9)3-5;7-4-1-5(8)3-6(9)2-4/h2-4H,1H3;1-3H. The third-order valence-corrected chi connectivity index (χ3v) is 4.12. The van der Waals surface area contributed by atoms with Gasteiger partial charge in [0.25, 0.3) is 0 Å². The Hall–Kier alpha value is 0.840. The Morgan fingerprint density at radius 1 is 0.500 bits per heavy atom. The van der Waals surface area contributed by atoms with E-state index in [1.807, 2.05) is 24.3 Å². The molecule has 0 spiro atoms.